The van der Waals surface area contributed by atoms with Crippen molar-refractivity contribution in [2.75, 3.05) is 0 Å². The molecule has 0 spiro atoms. The number of halogens is 2. The fourth-order valence-electron chi connectivity index (χ4n) is 1.62. The zero-order chi connectivity index (χ0) is 12.3. The van der Waals surface area contributed by atoms with Gasteiger partial charge in [-0.2, -0.15) is 0 Å². The van der Waals surface area contributed by atoms with Gasteiger partial charge in [-0.3, -0.25) is 0 Å². The Kier molecular flexibility index (Phi) is 4.31. The number of aryl methyl sites for hydroxylation is 1. The van der Waals surface area contributed by atoms with E-state index in [0.717, 1.165) is 6.42 Å². The molecule has 0 aliphatic heterocycles. The lowest BCUT2D eigenvalue weighted by Crippen LogP contribution is -1.99. The molecule has 2 rings (SSSR count). The molecule has 1 unspecified atom stereocenters. The summed E-state index contributed by atoms with van der Waals surface area (Å²) < 4.78 is 13.7. The highest BCUT2D eigenvalue weighted by atomic mass is 79.9. The predicted octanol–water partition coefficient (Wildman–Crippen LogP) is 4.32. The van der Waals surface area contributed by atoms with Gasteiger partial charge in [0.05, 0.1) is 10.6 Å². The standard InChI is InChI=1S/C13H12BrFOS/c14-11-5-3-9(8-12(11)15)13(16)6-4-10-2-1-7-17-10/h1-3,5,7-8,13,16H,4,6H2. The molecule has 1 heterocycles. The Morgan fingerprint density at radius 1 is 1.35 bits per heavy atom. The first kappa shape index (κ1) is 12.7. The quantitative estimate of drug-likeness (QED) is 0.891. The Morgan fingerprint density at radius 2 is 2.18 bits per heavy atom. The summed E-state index contributed by atoms with van der Waals surface area (Å²) in [6, 6.07) is 8.78. The smallest absolute Gasteiger partial charge is 0.137 e. The topological polar surface area (TPSA) is 20.2 Å². The van der Waals surface area contributed by atoms with Crippen molar-refractivity contribution in [1.29, 1.82) is 0 Å². The van der Waals surface area contributed by atoms with E-state index in [1.807, 2.05) is 17.5 Å². The molecule has 1 N–H and O–H groups in total. The van der Waals surface area contributed by atoms with Gasteiger partial charge in [0.25, 0.3) is 0 Å². The Morgan fingerprint density at radius 3 is 2.82 bits per heavy atom. The molecule has 0 aliphatic rings. The highest BCUT2D eigenvalue weighted by Crippen LogP contribution is 2.24. The maximum Gasteiger partial charge on any atom is 0.137 e. The van der Waals surface area contributed by atoms with Crippen molar-refractivity contribution < 1.29 is 9.50 Å². The van der Waals surface area contributed by atoms with Crippen LogP contribution in [0.2, 0.25) is 0 Å². The molecule has 0 aliphatic carbocycles. The molecule has 2 aromatic rings. The summed E-state index contributed by atoms with van der Waals surface area (Å²) in [5.41, 5.74) is 0.627. The SMILES string of the molecule is OC(CCc1cccs1)c1ccc(Br)c(F)c1. The second kappa shape index (κ2) is 5.76. The van der Waals surface area contributed by atoms with Crippen molar-refractivity contribution in [2.24, 2.45) is 0 Å². The van der Waals surface area contributed by atoms with Crippen molar-refractivity contribution >= 4 is 27.3 Å². The van der Waals surface area contributed by atoms with E-state index in [1.165, 1.54) is 10.9 Å². The second-order valence-corrected chi connectivity index (χ2v) is 5.69. The summed E-state index contributed by atoms with van der Waals surface area (Å²) in [5, 5.41) is 12.0. The normalized spacial score (nSPS) is 12.6. The van der Waals surface area contributed by atoms with Gasteiger partial charge in [0.2, 0.25) is 0 Å². The van der Waals surface area contributed by atoms with E-state index >= 15 is 0 Å². The third-order valence-electron chi connectivity index (χ3n) is 2.57. The minimum atomic E-state index is -0.611. The van der Waals surface area contributed by atoms with Crippen molar-refractivity contribution in [3.05, 3.63) is 56.4 Å². The van der Waals surface area contributed by atoms with Crippen LogP contribution in [0, 0.1) is 5.82 Å². The van der Waals surface area contributed by atoms with Crippen LogP contribution in [0.3, 0.4) is 0 Å². The molecule has 0 saturated carbocycles. The lowest BCUT2D eigenvalue weighted by Gasteiger charge is -2.10. The molecule has 0 bridgehead atoms. The first-order valence-corrected chi connectivity index (χ1v) is 6.99. The summed E-state index contributed by atoms with van der Waals surface area (Å²) in [7, 11) is 0. The second-order valence-electron chi connectivity index (χ2n) is 3.81. The van der Waals surface area contributed by atoms with Crippen LogP contribution in [0.25, 0.3) is 0 Å². The van der Waals surface area contributed by atoms with E-state index in [-0.39, 0.29) is 5.82 Å². The van der Waals surface area contributed by atoms with Gasteiger partial charge in [0.1, 0.15) is 5.82 Å². The van der Waals surface area contributed by atoms with Crippen LogP contribution < -0.4 is 0 Å². The Balaban J connectivity index is 1.99. The van der Waals surface area contributed by atoms with Crippen LogP contribution >= 0.6 is 27.3 Å². The van der Waals surface area contributed by atoms with Gasteiger partial charge in [-0.05, 0) is 57.9 Å². The first-order valence-electron chi connectivity index (χ1n) is 5.32. The number of benzene rings is 1. The molecule has 0 amide bonds. The minimum absolute atomic E-state index is 0.335. The zero-order valence-corrected chi connectivity index (χ0v) is 11.5. The lowest BCUT2D eigenvalue weighted by molar-refractivity contribution is 0.167. The van der Waals surface area contributed by atoms with Gasteiger partial charge >= 0.3 is 0 Å². The molecular formula is C13H12BrFOS. The summed E-state index contributed by atoms with van der Waals surface area (Å²) in [6.07, 6.45) is 0.817. The van der Waals surface area contributed by atoms with Crippen LogP contribution in [-0.4, -0.2) is 5.11 Å². The molecular weight excluding hydrogens is 303 g/mol. The van der Waals surface area contributed by atoms with E-state index in [4.69, 9.17) is 0 Å². The fourth-order valence-corrected chi connectivity index (χ4v) is 2.59. The molecule has 17 heavy (non-hydrogen) atoms. The van der Waals surface area contributed by atoms with E-state index in [0.29, 0.717) is 16.5 Å². The average Bonchev–Trinajstić information content (AvgIpc) is 2.82. The number of hydrogen-bond acceptors (Lipinski definition) is 2. The molecule has 0 fully saturated rings. The van der Waals surface area contributed by atoms with Crippen molar-refractivity contribution in [1.82, 2.24) is 0 Å². The van der Waals surface area contributed by atoms with Gasteiger partial charge in [-0.25, -0.2) is 4.39 Å². The molecule has 1 atom stereocenters. The van der Waals surface area contributed by atoms with E-state index < -0.39 is 6.10 Å². The Hall–Kier alpha value is -0.710. The van der Waals surface area contributed by atoms with E-state index in [9.17, 15) is 9.50 Å². The number of hydrogen-bond donors (Lipinski definition) is 1. The van der Waals surface area contributed by atoms with Crippen LogP contribution in [0.1, 0.15) is 23.0 Å². The molecule has 90 valence electrons. The summed E-state index contributed by atoms with van der Waals surface area (Å²) >= 11 is 4.77. The summed E-state index contributed by atoms with van der Waals surface area (Å²) in [4.78, 5) is 1.24. The van der Waals surface area contributed by atoms with Crippen LogP contribution in [0.4, 0.5) is 4.39 Å². The molecule has 0 radical (unpaired) electrons. The van der Waals surface area contributed by atoms with Gasteiger partial charge in [-0.15, -0.1) is 11.3 Å². The predicted molar refractivity (Wildman–Crippen MR) is 71.7 cm³/mol. The molecule has 1 aromatic carbocycles. The van der Waals surface area contributed by atoms with Crippen LogP contribution in [0.15, 0.2) is 40.2 Å². The molecule has 4 heteroatoms. The highest BCUT2D eigenvalue weighted by molar-refractivity contribution is 9.10. The van der Waals surface area contributed by atoms with Gasteiger partial charge in [0, 0.05) is 4.88 Å². The van der Waals surface area contributed by atoms with Gasteiger partial charge < -0.3 is 5.11 Å². The summed E-state index contributed by atoms with van der Waals surface area (Å²) in [5.74, 6) is -0.335. The maximum atomic E-state index is 13.3. The third-order valence-corrected chi connectivity index (χ3v) is 4.15. The lowest BCUT2D eigenvalue weighted by atomic mass is 10.0. The summed E-state index contributed by atoms with van der Waals surface area (Å²) in [6.45, 7) is 0. The average molecular weight is 315 g/mol. The highest BCUT2D eigenvalue weighted by Gasteiger charge is 2.10. The Labute approximate surface area is 112 Å². The molecule has 0 saturated heterocycles. The molecule has 1 nitrogen and oxygen atoms in total. The van der Waals surface area contributed by atoms with E-state index in [1.54, 1.807) is 23.5 Å². The number of aliphatic hydroxyl groups is 1. The number of thiophene rings is 1. The van der Waals surface area contributed by atoms with Crippen LogP contribution in [-0.2, 0) is 6.42 Å². The Bertz CT molecular complexity index is 484. The monoisotopic (exact) mass is 314 g/mol. The maximum absolute atomic E-state index is 13.3. The molecule has 1 aromatic heterocycles. The fraction of sp³-hybridized carbons (Fsp3) is 0.231. The van der Waals surface area contributed by atoms with Gasteiger partial charge in [-0.1, -0.05) is 12.1 Å². The zero-order valence-electron chi connectivity index (χ0n) is 9.07. The van der Waals surface area contributed by atoms with Crippen molar-refractivity contribution in [3.63, 3.8) is 0 Å². The minimum Gasteiger partial charge on any atom is -0.388 e. The number of aliphatic hydroxyl groups excluding tert-OH is 1. The van der Waals surface area contributed by atoms with E-state index in [2.05, 4.69) is 15.9 Å². The van der Waals surface area contributed by atoms with Crippen molar-refractivity contribution in [2.45, 2.75) is 18.9 Å². The van der Waals surface area contributed by atoms with Crippen molar-refractivity contribution in [3.8, 4) is 0 Å². The number of rotatable bonds is 4. The van der Waals surface area contributed by atoms with Gasteiger partial charge in [0.15, 0.2) is 0 Å². The third kappa shape index (κ3) is 3.37. The largest absolute Gasteiger partial charge is 0.388 e. The van der Waals surface area contributed by atoms with Crippen LogP contribution in [0.5, 0.6) is 0 Å². The first-order chi connectivity index (χ1) is 8.16.